The number of aromatic nitrogens is 1. The van der Waals surface area contributed by atoms with E-state index in [4.69, 9.17) is 27.9 Å². The molecule has 0 aliphatic carbocycles. The van der Waals surface area contributed by atoms with E-state index in [1.165, 1.54) is 6.07 Å². The summed E-state index contributed by atoms with van der Waals surface area (Å²) in [5.74, 6) is 0.404. The summed E-state index contributed by atoms with van der Waals surface area (Å²) >= 11 is 12.3. The molecule has 3 aromatic rings. The van der Waals surface area contributed by atoms with Gasteiger partial charge in [0.05, 0.1) is 23.5 Å². The number of benzene rings is 2. The lowest BCUT2D eigenvalue weighted by atomic mass is 9.87. The molecule has 1 atom stereocenters. The zero-order valence-corrected chi connectivity index (χ0v) is 17.3. The highest BCUT2D eigenvalue weighted by Gasteiger charge is 2.59. The lowest BCUT2D eigenvalue weighted by molar-refractivity contribution is -0.125. The fourth-order valence-electron chi connectivity index (χ4n) is 4.42. The molecule has 0 radical (unpaired) electrons. The number of anilines is 1. The third kappa shape index (κ3) is 2.36. The van der Waals surface area contributed by atoms with Crippen molar-refractivity contribution < 1.29 is 14.3 Å². The van der Waals surface area contributed by atoms with Crippen molar-refractivity contribution in [2.24, 2.45) is 0 Å². The summed E-state index contributed by atoms with van der Waals surface area (Å²) in [5.41, 5.74) is 1.86. The summed E-state index contributed by atoms with van der Waals surface area (Å²) < 4.78 is 5.35. The first-order chi connectivity index (χ1) is 13.9. The Morgan fingerprint density at radius 1 is 1.14 bits per heavy atom. The van der Waals surface area contributed by atoms with E-state index in [1.807, 2.05) is 18.2 Å². The van der Waals surface area contributed by atoms with Gasteiger partial charge in [0.2, 0.25) is 0 Å². The van der Waals surface area contributed by atoms with Crippen molar-refractivity contribution in [3.63, 3.8) is 0 Å². The van der Waals surface area contributed by atoms with Gasteiger partial charge in [-0.1, -0.05) is 23.2 Å². The quantitative estimate of drug-likeness (QED) is 0.599. The number of urea groups is 1. The van der Waals surface area contributed by atoms with Crippen molar-refractivity contribution in [3.05, 3.63) is 57.7 Å². The molecule has 1 saturated heterocycles. The van der Waals surface area contributed by atoms with Gasteiger partial charge in [-0.05, 0) is 55.3 Å². The monoisotopic (exact) mass is 429 g/mol. The Morgan fingerprint density at radius 2 is 1.93 bits per heavy atom. The number of nitrogens with one attached hydrogen (secondary N) is 1. The number of hydrogen-bond acceptors (Lipinski definition) is 3. The van der Waals surface area contributed by atoms with E-state index in [1.54, 1.807) is 31.1 Å². The van der Waals surface area contributed by atoms with E-state index in [-0.39, 0.29) is 17.0 Å². The molecule has 0 unspecified atom stereocenters. The van der Waals surface area contributed by atoms with Crippen LogP contribution in [-0.2, 0) is 16.8 Å². The minimum Gasteiger partial charge on any atom is -0.497 e. The number of methoxy groups -OCH3 is 1. The highest BCUT2D eigenvalue weighted by Crippen LogP contribution is 2.46. The molecular formula is C21H17Cl2N3O3. The Balaban J connectivity index is 1.68. The zero-order valence-electron chi connectivity index (χ0n) is 15.8. The van der Waals surface area contributed by atoms with Gasteiger partial charge in [0, 0.05) is 22.5 Å². The molecule has 1 fully saturated rings. The molecule has 8 heteroatoms. The van der Waals surface area contributed by atoms with Gasteiger partial charge in [-0.25, -0.2) is 9.69 Å². The molecule has 5 rings (SSSR count). The molecular weight excluding hydrogens is 413 g/mol. The van der Waals surface area contributed by atoms with Crippen LogP contribution in [0.3, 0.4) is 0 Å². The van der Waals surface area contributed by atoms with Crippen LogP contribution < -0.4 is 9.64 Å². The number of halogens is 2. The number of carbonyl (C=O) groups excluding carboxylic acids is 2. The fourth-order valence-corrected chi connectivity index (χ4v) is 4.91. The average molecular weight is 430 g/mol. The molecule has 1 N–H and O–H groups in total. The SMILES string of the molecule is COc1ccc2[nH]c3c(c2c1)CCN1C(=O)N(c2ccc(Cl)cc2Cl)C(=O)[C@]31C. The maximum atomic E-state index is 13.6. The number of ether oxygens (including phenoxy) is 1. The highest BCUT2D eigenvalue weighted by molar-refractivity contribution is 6.38. The van der Waals surface area contributed by atoms with Gasteiger partial charge in [-0.3, -0.25) is 4.79 Å². The summed E-state index contributed by atoms with van der Waals surface area (Å²) in [4.78, 5) is 33.0. The summed E-state index contributed by atoms with van der Waals surface area (Å²) in [6.45, 7) is 2.21. The predicted octanol–water partition coefficient (Wildman–Crippen LogP) is 4.72. The molecule has 2 aromatic carbocycles. The van der Waals surface area contributed by atoms with E-state index in [0.717, 1.165) is 32.8 Å². The van der Waals surface area contributed by atoms with E-state index in [0.29, 0.717) is 23.7 Å². The van der Waals surface area contributed by atoms with Crippen LogP contribution in [-0.4, -0.2) is 35.5 Å². The molecule has 0 spiro atoms. The van der Waals surface area contributed by atoms with Crippen LogP contribution in [0, 0.1) is 0 Å². The van der Waals surface area contributed by atoms with Crippen molar-refractivity contribution in [1.29, 1.82) is 0 Å². The van der Waals surface area contributed by atoms with E-state index in [9.17, 15) is 9.59 Å². The smallest absolute Gasteiger partial charge is 0.332 e. The number of amides is 3. The van der Waals surface area contributed by atoms with Gasteiger partial charge in [0.25, 0.3) is 5.91 Å². The number of fused-ring (bicyclic) bond motifs is 5. The van der Waals surface area contributed by atoms with Gasteiger partial charge in [-0.2, -0.15) is 0 Å². The van der Waals surface area contributed by atoms with Crippen molar-refractivity contribution in [3.8, 4) is 5.75 Å². The largest absolute Gasteiger partial charge is 0.497 e. The minimum atomic E-state index is -1.14. The van der Waals surface area contributed by atoms with Gasteiger partial charge in [0.15, 0.2) is 5.54 Å². The summed E-state index contributed by atoms with van der Waals surface area (Å²) in [6, 6.07) is 10.1. The van der Waals surface area contributed by atoms with E-state index in [2.05, 4.69) is 4.98 Å². The first kappa shape index (κ1) is 18.3. The average Bonchev–Trinajstić information content (AvgIpc) is 3.16. The number of nitrogens with zero attached hydrogens (tertiary/aromatic N) is 2. The fraction of sp³-hybridized carbons (Fsp3) is 0.238. The lowest BCUT2D eigenvalue weighted by Gasteiger charge is -2.35. The van der Waals surface area contributed by atoms with Crippen molar-refractivity contribution in [2.75, 3.05) is 18.6 Å². The number of aromatic amines is 1. The van der Waals surface area contributed by atoms with Crippen LogP contribution in [0.5, 0.6) is 5.75 Å². The van der Waals surface area contributed by atoms with Gasteiger partial charge in [0.1, 0.15) is 5.75 Å². The molecule has 29 heavy (non-hydrogen) atoms. The minimum absolute atomic E-state index is 0.254. The van der Waals surface area contributed by atoms with E-state index >= 15 is 0 Å². The Labute approximate surface area is 176 Å². The first-order valence-electron chi connectivity index (χ1n) is 9.16. The number of hydrogen-bond donors (Lipinski definition) is 1. The summed E-state index contributed by atoms with van der Waals surface area (Å²) in [7, 11) is 1.62. The van der Waals surface area contributed by atoms with Gasteiger partial charge < -0.3 is 14.6 Å². The van der Waals surface area contributed by atoms with Gasteiger partial charge >= 0.3 is 6.03 Å². The Kier molecular flexibility index (Phi) is 3.89. The summed E-state index contributed by atoms with van der Waals surface area (Å²) in [5, 5.41) is 1.70. The Morgan fingerprint density at radius 3 is 2.66 bits per heavy atom. The molecule has 0 bridgehead atoms. The standard InChI is InChI=1S/C21H17Cl2N3O3/c1-21-18-13(14-10-12(29-2)4-5-16(14)24-18)7-8-25(21)20(28)26(19(21)27)17-6-3-11(22)9-15(17)23/h3-6,9-10,24H,7-8H2,1-2H3/t21-/m0/s1. The van der Waals surface area contributed by atoms with Crippen LogP contribution in [0.2, 0.25) is 10.0 Å². The second-order valence-corrected chi connectivity index (χ2v) is 8.23. The molecule has 2 aliphatic heterocycles. The first-order valence-corrected chi connectivity index (χ1v) is 9.92. The maximum absolute atomic E-state index is 13.6. The molecule has 3 amide bonds. The Bertz CT molecular complexity index is 1210. The molecule has 1 aromatic heterocycles. The second kappa shape index (κ2) is 6.15. The molecule has 0 saturated carbocycles. The topological polar surface area (TPSA) is 65.6 Å². The maximum Gasteiger partial charge on any atom is 0.332 e. The van der Waals surface area contributed by atoms with Crippen LogP contribution in [0.25, 0.3) is 10.9 Å². The van der Waals surface area contributed by atoms with Crippen LogP contribution in [0.15, 0.2) is 36.4 Å². The Hall–Kier alpha value is -2.70. The normalized spacial score (nSPS) is 21.0. The molecule has 148 valence electrons. The number of H-pyrrole nitrogens is 1. The number of imide groups is 1. The van der Waals surface area contributed by atoms with Crippen LogP contribution >= 0.6 is 23.2 Å². The van der Waals surface area contributed by atoms with Gasteiger partial charge in [-0.15, -0.1) is 0 Å². The lowest BCUT2D eigenvalue weighted by Crippen LogP contribution is -2.49. The highest BCUT2D eigenvalue weighted by atomic mass is 35.5. The van der Waals surface area contributed by atoms with Crippen molar-refractivity contribution in [1.82, 2.24) is 9.88 Å². The summed E-state index contributed by atoms with van der Waals surface area (Å²) in [6.07, 6.45) is 0.638. The number of rotatable bonds is 2. The van der Waals surface area contributed by atoms with Crippen molar-refractivity contribution in [2.45, 2.75) is 18.9 Å². The predicted molar refractivity (Wildman–Crippen MR) is 112 cm³/mol. The second-order valence-electron chi connectivity index (χ2n) is 7.38. The van der Waals surface area contributed by atoms with Crippen LogP contribution in [0.1, 0.15) is 18.2 Å². The molecule has 6 nitrogen and oxygen atoms in total. The third-order valence-corrected chi connectivity index (χ3v) is 6.46. The van der Waals surface area contributed by atoms with Crippen LogP contribution in [0.4, 0.5) is 10.5 Å². The van der Waals surface area contributed by atoms with Crippen molar-refractivity contribution >= 4 is 51.7 Å². The molecule has 2 aliphatic rings. The third-order valence-electron chi connectivity index (χ3n) is 5.92. The zero-order chi connectivity index (χ0) is 20.5. The number of carbonyl (C=O) groups is 2. The molecule has 3 heterocycles. The van der Waals surface area contributed by atoms with E-state index < -0.39 is 5.54 Å².